The molecule has 0 spiro atoms. The van der Waals surface area contributed by atoms with Crippen LogP contribution in [0.25, 0.3) is 0 Å². The number of anilines is 1. The summed E-state index contributed by atoms with van der Waals surface area (Å²) in [5.41, 5.74) is 5.71. The van der Waals surface area contributed by atoms with Crippen LogP contribution in [-0.4, -0.2) is 38.8 Å². The molecule has 1 aliphatic heterocycles. The maximum atomic E-state index is 13.4. The van der Waals surface area contributed by atoms with Gasteiger partial charge in [0.15, 0.2) is 5.96 Å². The molecule has 0 radical (unpaired) electrons. The molecule has 1 aromatic rings. The molecule has 1 fully saturated rings. The topological polar surface area (TPSA) is 62.9 Å². The summed E-state index contributed by atoms with van der Waals surface area (Å²) in [4.78, 5) is 5.93. The summed E-state index contributed by atoms with van der Waals surface area (Å²) in [6, 6.07) is 4.37. The summed E-state index contributed by atoms with van der Waals surface area (Å²) in [7, 11) is 0. The van der Waals surface area contributed by atoms with E-state index < -0.39 is 11.7 Å². The third-order valence-corrected chi connectivity index (χ3v) is 4.03. The van der Waals surface area contributed by atoms with Crippen molar-refractivity contribution in [2.75, 3.05) is 37.7 Å². The number of ether oxygens (including phenoxy) is 1. The lowest BCUT2D eigenvalue weighted by Crippen LogP contribution is -2.36. The third kappa shape index (κ3) is 6.82. The average Bonchev–Trinajstić information content (AvgIpc) is 2.60. The number of benzene rings is 1. The first-order valence-corrected chi connectivity index (χ1v) is 8.48. The van der Waals surface area contributed by atoms with E-state index >= 15 is 0 Å². The number of nitrogens with one attached hydrogen (secondary N) is 1. The number of hydrogen-bond acceptors (Lipinski definition) is 3. The first-order chi connectivity index (χ1) is 11.9. The van der Waals surface area contributed by atoms with Crippen molar-refractivity contribution in [1.82, 2.24) is 5.32 Å². The van der Waals surface area contributed by atoms with Crippen LogP contribution < -0.4 is 16.0 Å². The molecular weight excluding hydrogens is 460 g/mol. The zero-order valence-electron chi connectivity index (χ0n) is 14.8. The Hall–Kier alpha value is -1.23. The van der Waals surface area contributed by atoms with Crippen LogP contribution >= 0.6 is 24.0 Å². The SMILES string of the molecule is CCCCNC(N)=NCc1ccc(N2CCOCC2)cc1C(F)(F)F.I. The quantitative estimate of drug-likeness (QED) is 0.280. The van der Waals surface area contributed by atoms with Crippen molar-refractivity contribution in [2.24, 2.45) is 10.7 Å². The second kappa shape index (κ2) is 10.8. The summed E-state index contributed by atoms with van der Waals surface area (Å²) in [5.74, 6) is 0.166. The highest BCUT2D eigenvalue weighted by Gasteiger charge is 2.34. The van der Waals surface area contributed by atoms with Crippen LogP contribution in [0.1, 0.15) is 30.9 Å². The monoisotopic (exact) mass is 486 g/mol. The van der Waals surface area contributed by atoms with Gasteiger partial charge in [0.1, 0.15) is 0 Å². The minimum atomic E-state index is -4.43. The molecular formula is C17H26F3IN4O. The number of nitrogens with zero attached hydrogens (tertiary/aromatic N) is 2. The van der Waals surface area contributed by atoms with Crippen LogP contribution in [-0.2, 0) is 17.5 Å². The smallest absolute Gasteiger partial charge is 0.378 e. The summed E-state index contributed by atoms with van der Waals surface area (Å²) >= 11 is 0. The van der Waals surface area contributed by atoms with E-state index in [4.69, 9.17) is 10.5 Å². The second-order valence-corrected chi connectivity index (χ2v) is 5.92. The number of nitrogens with two attached hydrogens (primary N) is 1. The molecule has 3 N–H and O–H groups in total. The van der Waals surface area contributed by atoms with Crippen LogP contribution in [0.4, 0.5) is 18.9 Å². The zero-order valence-corrected chi connectivity index (χ0v) is 17.1. The van der Waals surface area contributed by atoms with Crippen molar-refractivity contribution in [3.05, 3.63) is 29.3 Å². The van der Waals surface area contributed by atoms with Gasteiger partial charge in [-0.3, -0.25) is 0 Å². The first-order valence-electron chi connectivity index (χ1n) is 8.48. The Labute approximate surface area is 169 Å². The van der Waals surface area contributed by atoms with Crippen molar-refractivity contribution in [1.29, 1.82) is 0 Å². The molecule has 0 atom stereocenters. The lowest BCUT2D eigenvalue weighted by atomic mass is 10.1. The number of hydrogen-bond donors (Lipinski definition) is 2. The molecule has 9 heteroatoms. The number of morpholine rings is 1. The van der Waals surface area contributed by atoms with Gasteiger partial charge >= 0.3 is 6.18 Å². The van der Waals surface area contributed by atoms with Gasteiger partial charge in [-0.05, 0) is 24.1 Å². The first kappa shape index (κ1) is 22.8. The summed E-state index contributed by atoms with van der Waals surface area (Å²) in [6.45, 7) is 4.81. The molecule has 0 saturated carbocycles. The Morgan fingerprint density at radius 1 is 1.31 bits per heavy atom. The third-order valence-electron chi connectivity index (χ3n) is 4.03. The maximum Gasteiger partial charge on any atom is 0.416 e. The fraction of sp³-hybridized carbons (Fsp3) is 0.588. The molecule has 1 aromatic carbocycles. The number of halogens is 4. The lowest BCUT2D eigenvalue weighted by molar-refractivity contribution is -0.138. The predicted molar refractivity (Wildman–Crippen MR) is 108 cm³/mol. The van der Waals surface area contributed by atoms with E-state index in [1.54, 1.807) is 6.07 Å². The molecule has 1 saturated heterocycles. The molecule has 1 heterocycles. The fourth-order valence-electron chi connectivity index (χ4n) is 2.60. The van der Waals surface area contributed by atoms with Crippen molar-refractivity contribution in [2.45, 2.75) is 32.5 Å². The number of alkyl halides is 3. The predicted octanol–water partition coefficient (Wildman–Crippen LogP) is 3.36. The molecule has 2 rings (SSSR count). The van der Waals surface area contributed by atoms with Gasteiger partial charge in [-0.2, -0.15) is 13.2 Å². The Morgan fingerprint density at radius 2 is 2.00 bits per heavy atom. The Bertz CT molecular complexity index is 590. The normalized spacial score (nSPS) is 15.5. The minimum absolute atomic E-state index is 0. The van der Waals surface area contributed by atoms with Gasteiger partial charge in [0.25, 0.3) is 0 Å². The van der Waals surface area contributed by atoms with Gasteiger partial charge in [-0.15, -0.1) is 24.0 Å². The fourth-order valence-corrected chi connectivity index (χ4v) is 2.60. The molecule has 0 bridgehead atoms. The van der Waals surface area contributed by atoms with Gasteiger partial charge in [0, 0.05) is 25.3 Å². The highest BCUT2D eigenvalue weighted by molar-refractivity contribution is 14.0. The molecule has 5 nitrogen and oxygen atoms in total. The van der Waals surface area contributed by atoms with Crippen LogP contribution in [0.5, 0.6) is 0 Å². The van der Waals surface area contributed by atoms with E-state index in [2.05, 4.69) is 10.3 Å². The molecule has 1 aliphatic rings. The lowest BCUT2D eigenvalue weighted by Gasteiger charge is -2.29. The molecule has 0 unspecified atom stereocenters. The Kier molecular flexibility index (Phi) is 9.48. The number of rotatable bonds is 6. The van der Waals surface area contributed by atoms with Gasteiger partial charge in [0.2, 0.25) is 0 Å². The number of guanidine groups is 1. The maximum absolute atomic E-state index is 13.4. The molecule has 0 amide bonds. The van der Waals surface area contributed by atoms with Crippen molar-refractivity contribution in [3.8, 4) is 0 Å². The molecule has 148 valence electrons. The van der Waals surface area contributed by atoms with Crippen LogP contribution in [0.15, 0.2) is 23.2 Å². The van der Waals surface area contributed by atoms with Gasteiger partial charge in [-0.1, -0.05) is 19.4 Å². The average molecular weight is 486 g/mol. The van der Waals surface area contributed by atoms with Crippen molar-refractivity contribution < 1.29 is 17.9 Å². The van der Waals surface area contributed by atoms with E-state index in [1.807, 2.05) is 11.8 Å². The van der Waals surface area contributed by atoms with Gasteiger partial charge in [-0.25, -0.2) is 4.99 Å². The van der Waals surface area contributed by atoms with E-state index in [0.29, 0.717) is 38.5 Å². The second-order valence-electron chi connectivity index (χ2n) is 5.92. The summed E-state index contributed by atoms with van der Waals surface area (Å²) < 4.78 is 45.5. The van der Waals surface area contributed by atoms with E-state index in [9.17, 15) is 13.2 Å². The highest BCUT2D eigenvalue weighted by Crippen LogP contribution is 2.35. The van der Waals surface area contributed by atoms with E-state index in [0.717, 1.165) is 12.8 Å². The van der Waals surface area contributed by atoms with Crippen molar-refractivity contribution >= 4 is 35.6 Å². The highest BCUT2D eigenvalue weighted by atomic mass is 127. The Balaban J connectivity index is 0.00000338. The van der Waals surface area contributed by atoms with Gasteiger partial charge < -0.3 is 20.7 Å². The molecule has 0 aliphatic carbocycles. The van der Waals surface area contributed by atoms with Gasteiger partial charge in [0.05, 0.1) is 25.3 Å². The Morgan fingerprint density at radius 3 is 2.62 bits per heavy atom. The molecule has 0 aromatic heterocycles. The zero-order chi connectivity index (χ0) is 18.3. The van der Waals surface area contributed by atoms with Crippen LogP contribution in [0, 0.1) is 0 Å². The summed E-state index contributed by atoms with van der Waals surface area (Å²) in [5, 5.41) is 2.90. The van der Waals surface area contributed by atoms with E-state index in [1.165, 1.54) is 12.1 Å². The minimum Gasteiger partial charge on any atom is -0.378 e. The number of aliphatic imine (C=N–C) groups is 1. The molecule has 26 heavy (non-hydrogen) atoms. The van der Waals surface area contributed by atoms with Crippen molar-refractivity contribution in [3.63, 3.8) is 0 Å². The largest absolute Gasteiger partial charge is 0.416 e. The number of unbranched alkanes of at least 4 members (excludes halogenated alkanes) is 1. The van der Waals surface area contributed by atoms with Crippen LogP contribution in [0.3, 0.4) is 0 Å². The van der Waals surface area contributed by atoms with E-state index in [-0.39, 0.29) is 42.0 Å². The standard InChI is InChI=1S/C17H25F3N4O.HI/c1-2-3-6-22-16(21)23-12-13-4-5-14(11-15(13)17(18,19)20)24-7-9-25-10-8-24;/h4-5,11H,2-3,6-10,12H2,1H3,(H3,21,22,23);1H. The van der Waals surface area contributed by atoms with Crippen LogP contribution in [0.2, 0.25) is 0 Å². The summed E-state index contributed by atoms with van der Waals surface area (Å²) in [6.07, 6.45) is -2.50.